The number of carbonyl (C=O) groups excluding carboxylic acids is 1. The molecule has 1 N–H and O–H groups in total. The van der Waals surface area contributed by atoms with Gasteiger partial charge in [-0.1, -0.05) is 18.2 Å². The van der Waals surface area contributed by atoms with E-state index in [0.717, 1.165) is 52.7 Å². The monoisotopic (exact) mass is 514 g/mol. The first kappa shape index (κ1) is 23.5. The minimum absolute atomic E-state index is 0.140. The predicted molar refractivity (Wildman–Crippen MR) is 149 cm³/mol. The molecule has 37 heavy (non-hydrogen) atoms. The number of aliphatic imine (C=N–C) groups is 1. The van der Waals surface area contributed by atoms with Crippen molar-refractivity contribution < 1.29 is 14.6 Å². The van der Waals surface area contributed by atoms with Crippen LogP contribution in [0.2, 0.25) is 0 Å². The zero-order chi connectivity index (χ0) is 25.1. The molecule has 4 bridgehead atoms. The summed E-state index contributed by atoms with van der Waals surface area (Å²) in [6.45, 7) is 4.97. The second-order valence-electron chi connectivity index (χ2n) is 11.9. The molecule has 0 aromatic heterocycles. The highest BCUT2D eigenvalue weighted by Gasteiger charge is 2.52. The Labute approximate surface area is 223 Å². The normalized spacial score (nSPS) is 31.9. The third kappa shape index (κ3) is 4.22. The van der Waals surface area contributed by atoms with Crippen molar-refractivity contribution in [3.8, 4) is 16.9 Å². The van der Waals surface area contributed by atoms with Crippen LogP contribution < -0.4 is 0 Å². The van der Waals surface area contributed by atoms with Crippen LogP contribution in [0.4, 0.5) is 0 Å². The molecule has 4 aliphatic carbocycles. The lowest BCUT2D eigenvalue weighted by atomic mass is 9.48. The number of morpholine rings is 1. The Hall–Kier alpha value is -2.57. The van der Waals surface area contributed by atoms with Crippen LogP contribution in [0.1, 0.15) is 55.2 Å². The summed E-state index contributed by atoms with van der Waals surface area (Å²) in [4.78, 5) is 19.8. The first-order valence-electron chi connectivity index (χ1n) is 13.8. The van der Waals surface area contributed by atoms with E-state index in [0.29, 0.717) is 23.9 Å². The molecule has 0 atom stereocenters. The van der Waals surface area contributed by atoms with Gasteiger partial charge in [0.15, 0.2) is 5.17 Å². The van der Waals surface area contributed by atoms with E-state index in [1.807, 2.05) is 18.2 Å². The number of hydrogen-bond acceptors (Lipinski definition) is 5. The molecule has 6 aliphatic rings. The average molecular weight is 515 g/mol. The fourth-order valence-electron chi connectivity index (χ4n) is 8.10. The number of phenolic OH excluding ortho intramolecular Hbond substituents is 1. The fourth-order valence-corrected chi connectivity index (χ4v) is 9.07. The molecule has 2 aliphatic heterocycles. The van der Waals surface area contributed by atoms with Gasteiger partial charge >= 0.3 is 0 Å². The van der Waals surface area contributed by atoms with Crippen LogP contribution in [-0.2, 0) is 14.9 Å². The molecule has 2 aromatic rings. The van der Waals surface area contributed by atoms with Gasteiger partial charge in [0.2, 0.25) is 0 Å². The SMILES string of the molecule is Cc1cc(O)c(C23CC4CC(CC(C4)C2)C3)cc1-c1cccc(C=C2SC(N3CCOCC3)=NC2=O)c1. The number of thioether (sulfide) groups is 1. The number of ether oxygens (including phenoxy) is 1. The first-order chi connectivity index (χ1) is 18.0. The van der Waals surface area contributed by atoms with Crippen molar-refractivity contribution in [1.82, 2.24) is 4.90 Å². The van der Waals surface area contributed by atoms with Crippen molar-refractivity contribution in [2.45, 2.75) is 50.9 Å². The number of aryl methyl sites for hydroxylation is 1. The standard InChI is InChI=1S/C31H34N2O3S/c1-19-9-27(34)26(31-16-21-10-22(17-31)12-23(11-21)18-31)15-25(19)24-4-2-3-20(13-24)14-28-29(35)32-30(37-28)33-5-7-36-8-6-33/h2-4,9,13-15,21-23,34H,5-8,10-12,16-18H2,1H3. The van der Waals surface area contributed by atoms with Crippen molar-refractivity contribution in [2.24, 2.45) is 22.7 Å². The highest BCUT2D eigenvalue weighted by Crippen LogP contribution is 2.62. The Bertz CT molecular complexity index is 1290. The summed E-state index contributed by atoms with van der Waals surface area (Å²) in [5.41, 5.74) is 5.69. The van der Waals surface area contributed by atoms with Gasteiger partial charge in [0, 0.05) is 18.7 Å². The second kappa shape index (κ2) is 9.02. The Morgan fingerprint density at radius 3 is 2.46 bits per heavy atom. The number of aromatic hydroxyl groups is 1. The van der Waals surface area contributed by atoms with Crippen LogP contribution in [0.5, 0.6) is 5.75 Å². The maximum absolute atomic E-state index is 12.7. The molecular formula is C31H34N2O3S. The van der Waals surface area contributed by atoms with Gasteiger partial charge in [-0.2, -0.15) is 4.99 Å². The minimum Gasteiger partial charge on any atom is -0.508 e. The molecule has 2 heterocycles. The van der Waals surface area contributed by atoms with E-state index in [1.165, 1.54) is 61.4 Å². The zero-order valence-corrected chi connectivity index (χ0v) is 22.2. The summed E-state index contributed by atoms with van der Waals surface area (Å²) >= 11 is 1.46. The number of hydrogen-bond donors (Lipinski definition) is 1. The quantitative estimate of drug-likeness (QED) is 0.499. The molecule has 8 rings (SSSR count). The Kier molecular flexibility index (Phi) is 5.74. The minimum atomic E-state index is -0.165. The molecule has 192 valence electrons. The van der Waals surface area contributed by atoms with Gasteiger partial charge in [-0.3, -0.25) is 4.79 Å². The van der Waals surface area contributed by atoms with Gasteiger partial charge in [-0.05, 0) is 127 Å². The summed E-state index contributed by atoms with van der Waals surface area (Å²) in [6, 6.07) is 12.7. The van der Waals surface area contributed by atoms with Crippen molar-refractivity contribution in [2.75, 3.05) is 26.3 Å². The van der Waals surface area contributed by atoms with Crippen molar-refractivity contribution in [3.05, 3.63) is 58.0 Å². The van der Waals surface area contributed by atoms with Gasteiger partial charge in [0.25, 0.3) is 5.91 Å². The lowest BCUT2D eigenvalue weighted by Crippen LogP contribution is -2.48. The first-order valence-corrected chi connectivity index (χ1v) is 14.6. The number of phenols is 1. The van der Waals surface area contributed by atoms with E-state index in [1.54, 1.807) is 0 Å². The number of rotatable bonds is 3. The van der Waals surface area contributed by atoms with Crippen molar-refractivity contribution >= 4 is 28.9 Å². The molecule has 0 spiro atoms. The number of benzene rings is 2. The fraction of sp³-hybridized carbons (Fsp3) is 0.484. The maximum atomic E-state index is 12.7. The number of nitrogens with zero attached hydrogens (tertiary/aromatic N) is 2. The zero-order valence-electron chi connectivity index (χ0n) is 21.4. The number of amides is 1. The third-order valence-corrected chi connectivity index (χ3v) is 10.4. The van der Waals surface area contributed by atoms with Crippen molar-refractivity contribution in [1.29, 1.82) is 0 Å². The molecule has 6 heteroatoms. The van der Waals surface area contributed by atoms with Crippen LogP contribution in [0.15, 0.2) is 46.3 Å². The lowest BCUT2D eigenvalue weighted by molar-refractivity contribution is -0.113. The molecular weight excluding hydrogens is 480 g/mol. The summed E-state index contributed by atoms with van der Waals surface area (Å²) < 4.78 is 5.44. The molecule has 5 nitrogen and oxygen atoms in total. The van der Waals surface area contributed by atoms with Crippen molar-refractivity contribution in [3.63, 3.8) is 0 Å². The Morgan fingerprint density at radius 1 is 1.05 bits per heavy atom. The van der Waals surface area contributed by atoms with E-state index in [4.69, 9.17) is 4.74 Å². The van der Waals surface area contributed by atoms with Gasteiger partial charge in [0.1, 0.15) is 5.75 Å². The molecule has 5 fully saturated rings. The van der Waals surface area contributed by atoms with E-state index in [2.05, 4.69) is 41.1 Å². The third-order valence-electron chi connectivity index (χ3n) is 9.34. The molecule has 0 unspecified atom stereocenters. The summed E-state index contributed by atoms with van der Waals surface area (Å²) in [7, 11) is 0. The summed E-state index contributed by atoms with van der Waals surface area (Å²) in [5.74, 6) is 2.80. The van der Waals surface area contributed by atoms with Gasteiger partial charge in [-0.25, -0.2) is 0 Å². The summed E-state index contributed by atoms with van der Waals surface area (Å²) in [5, 5.41) is 11.9. The van der Waals surface area contributed by atoms with Crippen LogP contribution in [0.25, 0.3) is 17.2 Å². The van der Waals surface area contributed by atoms with Crippen LogP contribution in [0, 0.1) is 24.7 Å². The molecule has 1 saturated heterocycles. The topological polar surface area (TPSA) is 62.1 Å². The number of amidine groups is 1. The largest absolute Gasteiger partial charge is 0.508 e. The molecule has 2 aromatic carbocycles. The molecule has 0 radical (unpaired) electrons. The Morgan fingerprint density at radius 2 is 1.76 bits per heavy atom. The smallest absolute Gasteiger partial charge is 0.286 e. The number of carbonyl (C=O) groups is 1. The highest BCUT2D eigenvalue weighted by molar-refractivity contribution is 8.18. The Balaban J connectivity index is 1.19. The molecule has 1 amide bonds. The van der Waals surface area contributed by atoms with Crippen LogP contribution in [-0.4, -0.2) is 47.4 Å². The van der Waals surface area contributed by atoms with E-state index in [-0.39, 0.29) is 11.3 Å². The van der Waals surface area contributed by atoms with Crippen LogP contribution >= 0.6 is 11.8 Å². The maximum Gasteiger partial charge on any atom is 0.286 e. The lowest BCUT2D eigenvalue weighted by Gasteiger charge is -2.57. The van der Waals surface area contributed by atoms with E-state index in [9.17, 15) is 9.90 Å². The molecule has 4 saturated carbocycles. The van der Waals surface area contributed by atoms with E-state index >= 15 is 0 Å². The predicted octanol–water partition coefficient (Wildman–Crippen LogP) is 6.14. The highest BCUT2D eigenvalue weighted by atomic mass is 32.2. The van der Waals surface area contributed by atoms with Crippen LogP contribution in [0.3, 0.4) is 0 Å². The summed E-state index contributed by atoms with van der Waals surface area (Å²) in [6.07, 6.45) is 9.82. The second-order valence-corrected chi connectivity index (χ2v) is 12.9. The van der Waals surface area contributed by atoms with Gasteiger partial charge in [0.05, 0.1) is 18.1 Å². The van der Waals surface area contributed by atoms with Gasteiger partial charge in [-0.15, -0.1) is 0 Å². The average Bonchev–Trinajstić information content (AvgIpc) is 3.24. The van der Waals surface area contributed by atoms with Gasteiger partial charge < -0.3 is 14.7 Å². The van der Waals surface area contributed by atoms with E-state index < -0.39 is 0 Å².